The van der Waals surface area contributed by atoms with Crippen LogP contribution in [0.4, 0.5) is 0 Å². The molecular formula is C36H29O3P. The Morgan fingerprint density at radius 2 is 0.750 bits per heavy atom. The first-order chi connectivity index (χ1) is 19.7. The number of fused-ring (bicyclic) bond motifs is 1. The monoisotopic (exact) mass is 540 g/mol. The maximum absolute atomic E-state index is 12.9. The molecule has 1 N–H and O–H groups in total. The molecule has 40 heavy (non-hydrogen) atoms. The summed E-state index contributed by atoms with van der Waals surface area (Å²) in [7, 11) is -4.13. The first-order valence-corrected chi connectivity index (χ1v) is 15.3. The van der Waals surface area contributed by atoms with Crippen LogP contribution in [0.3, 0.4) is 0 Å². The summed E-state index contributed by atoms with van der Waals surface area (Å²) < 4.78 is 14.6. The van der Waals surface area contributed by atoms with Crippen molar-refractivity contribution < 1.29 is 13.9 Å². The van der Waals surface area contributed by atoms with E-state index in [-0.39, 0.29) is 0 Å². The maximum atomic E-state index is 12.9. The quantitative estimate of drug-likeness (QED) is 0.226. The SMILES string of the molecule is O[PH]1(c2cccc3ccccc23)OC(c2ccccc2)(c2ccccc2)C(c2ccccc2)(c2ccccc2)O1. The Kier molecular flexibility index (Phi) is 6.11. The summed E-state index contributed by atoms with van der Waals surface area (Å²) in [6, 6.07) is 54.7. The zero-order valence-electron chi connectivity index (χ0n) is 21.9. The number of rotatable bonds is 5. The van der Waals surface area contributed by atoms with Gasteiger partial charge in [0.05, 0.1) is 0 Å². The van der Waals surface area contributed by atoms with Crippen LogP contribution >= 0.6 is 7.94 Å². The van der Waals surface area contributed by atoms with E-state index < -0.39 is 19.1 Å². The van der Waals surface area contributed by atoms with Gasteiger partial charge in [-0.2, -0.15) is 0 Å². The third kappa shape index (κ3) is 3.67. The van der Waals surface area contributed by atoms with E-state index in [9.17, 15) is 4.89 Å². The Morgan fingerprint density at radius 3 is 1.18 bits per heavy atom. The van der Waals surface area contributed by atoms with Gasteiger partial charge in [-0.15, -0.1) is 0 Å². The molecule has 0 bridgehead atoms. The van der Waals surface area contributed by atoms with E-state index in [1.807, 2.05) is 103 Å². The Labute approximate surface area is 234 Å². The second kappa shape index (κ2) is 9.82. The molecule has 1 fully saturated rings. The molecule has 0 aliphatic carbocycles. The third-order valence-electron chi connectivity index (χ3n) is 7.93. The van der Waals surface area contributed by atoms with Crippen molar-refractivity contribution in [3.63, 3.8) is 0 Å². The fourth-order valence-corrected chi connectivity index (χ4v) is 8.99. The van der Waals surface area contributed by atoms with Crippen molar-refractivity contribution in [3.8, 4) is 0 Å². The number of hydrogen-bond acceptors (Lipinski definition) is 3. The van der Waals surface area contributed by atoms with Gasteiger partial charge in [0.15, 0.2) is 0 Å². The summed E-state index contributed by atoms with van der Waals surface area (Å²) in [5, 5.41) is 2.64. The number of benzene rings is 6. The van der Waals surface area contributed by atoms with Gasteiger partial charge in [0.2, 0.25) is 0 Å². The van der Waals surface area contributed by atoms with E-state index in [0.29, 0.717) is 5.30 Å². The van der Waals surface area contributed by atoms with E-state index in [1.165, 1.54) is 0 Å². The molecule has 3 nitrogen and oxygen atoms in total. The molecule has 196 valence electrons. The van der Waals surface area contributed by atoms with Crippen LogP contribution in [0.25, 0.3) is 10.8 Å². The zero-order valence-corrected chi connectivity index (χ0v) is 22.9. The molecule has 1 aliphatic rings. The topological polar surface area (TPSA) is 38.7 Å². The molecule has 0 saturated carbocycles. The van der Waals surface area contributed by atoms with Gasteiger partial charge in [-0.25, -0.2) is 0 Å². The van der Waals surface area contributed by atoms with Crippen LogP contribution in [0.15, 0.2) is 164 Å². The molecule has 0 aromatic heterocycles. The average molecular weight is 541 g/mol. The fraction of sp³-hybridized carbons (Fsp3) is 0.0556. The van der Waals surface area contributed by atoms with E-state index in [2.05, 4.69) is 60.7 Å². The predicted molar refractivity (Wildman–Crippen MR) is 164 cm³/mol. The molecule has 1 aliphatic heterocycles. The molecule has 7 rings (SSSR count). The summed E-state index contributed by atoms with van der Waals surface area (Å²) in [6.45, 7) is 0. The van der Waals surface area contributed by atoms with Crippen LogP contribution in [0.2, 0.25) is 0 Å². The van der Waals surface area contributed by atoms with Crippen molar-refractivity contribution in [1.82, 2.24) is 0 Å². The van der Waals surface area contributed by atoms with E-state index in [0.717, 1.165) is 33.0 Å². The van der Waals surface area contributed by atoms with Gasteiger partial charge in [-0.1, -0.05) is 0 Å². The molecule has 1 heterocycles. The van der Waals surface area contributed by atoms with Crippen molar-refractivity contribution >= 4 is 24.0 Å². The van der Waals surface area contributed by atoms with E-state index in [4.69, 9.17) is 9.05 Å². The normalized spacial score (nSPS) is 17.8. The summed E-state index contributed by atoms with van der Waals surface area (Å²) in [6.07, 6.45) is 0. The molecule has 0 unspecified atom stereocenters. The van der Waals surface area contributed by atoms with Crippen LogP contribution in [0.1, 0.15) is 22.3 Å². The van der Waals surface area contributed by atoms with Crippen molar-refractivity contribution in [1.29, 1.82) is 0 Å². The van der Waals surface area contributed by atoms with Crippen molar-refractivity contribution in [2.45, 2.75) is 11.2 Å². The molecule has 6 aromatic rings. The van der Waals surface area contributed by atoms with Gasteiger partial charge >= 0.3 is 235 Å². The Hall–Kier alpha value is -4.11. The van der Waals surface area contributed by atoms with Gasteiger partial charge < -0.3 is 0 Å². The molecular weight excluding hydrogens is 511 g/mol. The van der Waals surface area contributed by atoms with Crippen LogP contribution in [-0.4, -0.2) is 4.89 Å². The predicted octanol–water partition coefficient (Wildman–Crippen LogP) is 7.89. The summed E-state index contributed by atoms with van der Waals surface area (Å²) >= 11 is 0. The van der Waals surface area contributed by atoms with E-state index >= 15 is 0 Å². The van der Waals surface area contributed by atoms with Crippen molar-refractivity contribution in [2.75, 3.05) is 0 Å². The summed E-state index contributed by atoms with van der Waals surface area (Å²) in [5.41, 5.74) is 1.18. The van der Waals surface area contributed by atoms with Crippen molar-refractivity contribution in [3.05, 3.63) is 186 Å². The third-order valence-corrected chi connectivity index (χ3v) is 10.2. The Balaban J connectivity index is 1.64. The minimum atomic E-state index is -4.13. The second-order valence-electron chi connectivity index (χ2n) is 10.1. The van der Waals surface area contributed by atoms with Gasteiger partial charge in [-0.3, -0.25) is 0 Å². The Bertz CT molecular complexity index is 1580. The molecule has 0 atom stereocenters. The average Bonchev–Trinajstić information content (AvgIpc) is 3.34. The molecule has 0 radical (unpaired) electrons. The van der Waals surface area contributed by atoms with Crippen molar-refractivity contribution in [2.24, 2.45) is 0 Å². The molecule has 4 heteroatoms. The van der Waals surface area contributed by atoms with Crippen LogP contribution in [-0.2, 0) is 20.2 Å². The fourth-order valence-electron chi connectivity index (χ4n) is 6.26. The first kappa shape index (κ1) is 24.9. The molecule has 6 aromatic carbocycles. The molecule has 0 amide bonds. The van der Waals surface area contributed by atoms with Gasteiger partial charge in [0.25, 0.3) is 0 Å². The second-order valence-corrected chi connectivity index (χ2v) is 12.2. The van der Waals surface area contributed by atoms with Gasteiger partial charge in [-0.05, 0) is 0 Å². The van der Waals surface area contributed by atoms with Crippen LogP contribution < -0.4 is 5.30 Å². The zero-order chi connectivity index (χ0) is 27.0. The standard InChI is InChI=1S/C36H29O3P/c37-40(34-27-15-17-28-16-13-14-26-33(28)34)38-35(29-18-5-1-6-19-29,30-20-7-2-8-21-30)36(39-40,31-22-9-3-10-23-31)32-24-11-4-12-25-32/h1-27,37,40H. The Morgan fingerprint density at radius 1 is 0.400 bits per heavy atom. The minimum absolute atomic E-state index is 0.690. The molecule has 1 saturated heterocycles. The van der Waals surface area contributed by atoms with Gasteiger partial charge in [0.1, 0.15) is 0 Å². The van der Waals surface area contributed by atoms with Crippen LogP contribution in [0.5, 0.6) is 0 Å². The number of hydrogen-bond donors (Lipinski definition) is 1. The van der Waals surface area contributed by atoms with Crippen LogP contribution in [0, 0.1) is 0 Å². The van der Waals surface area contributed by atoms with Gasteiger partial charge in [0, 0.05) is 0 Å². The summed E-state index contributed by atoms with van der Waals surface area (Å²) in [5.74, 6) is 0. The molecule has 0 spiro atoms. The summed E-state index contributed by atoms with van der Waals surface area (Å²) in [4.78, 5) is 12.9. The first-order valence-electron chi connectivity index (χ1n) is 13.5. The van der Waals surface area contributed by atoms with E-state index in [1.54, 1.807) is 0 Å².